The van der Waals surface area contributed by atoms with Gasteiger partial charge >= 0.3 is 0 Å². The largest absolute Gasteiger partial charge is 0.354 e. The number of nitrogens with one attached hydrogen (secondary N) is 1. The highest BCUT2D eigenvalue weighted by atomic mass is 16.2. The van der Waals surface area contributed by atoms with Crippen LogP contribution < -0.4 is 5.32 Å². The van der Waals surface area contributed by atoms with Crippen LogP contribution in [0.5, 0.6) is 0 Å². The topological polar surface area (TPSA) is 83.6 Å². The average Bonchev–Trinajstić information content (AvgIpc) is 3.19. The zero-order valence-electron chi connectivity index (χ0n) is 11.5. The number of rotatable bonds is 5. The van der Waals surface area contributed by atoms with Crippen molar-refractivity contribution in [1.29, 1.82) is 5.26 Å². The minimum absolute atomic E-state index is 0.0748. The molecular weight excluding hydrogens is 266 g/mol. The number of amides is 1. The summed E-state index contributed by atoms with van der Waals surface area (Å²) in [6, 6.07) is 12.1. The Kier molecular flexibility index (Phi) is 3.40. The average molecular weight is 281 g/mol. The van der Waals surface area contributed by atoms with E-state index in [0.29, 0.717) is 6.54 Å². The van der Waals surface area contributed by atoms with Gasteiger partial charge in [-0.1, -0.05) is 30.3 Å². The molecule has 6 nitrogen and oxygen atoms in total. The van der Waals surface area contributed by atoms with E-state index in [9.17, 15) is 4.79 Å². The predicted molar refractivity (Wildman–Crippen MR) is 75.1 cm³/mol. The number of carbonyl (C=O) groups is 1. The third-order valence-corrected chi connectivity index (χ3v) is 3.81. The van der Waals surface area contributed by atoms with Crippen molar-refractivity contribution in [2.24, 2.45) is 0 Å². The van der Waals surface area contributed by atoms with Gasteiger partial charge < -0.3 is 5.32 Å². The van der Waals surface area contributed by atoms with Gasteiger partial charge in [0.15, 0.2) is 0 Å². The second-order valence-corrected chi connectivity index (χ2v) is 5.30. The molecule has 1 aliphatic carbocycles. The number of nitrogens with zero attached hydrogens (tertiary/aromatic N) is 4. The third-order valence-electron chi connectivity index (χ3n) is 3.81. The van der Waals surface area contributed by atoms with E-state index >= 15 is 0 Å². The van der Waals surface area contributed by atoms with Crippen molar-refractivity contribution in [2.45, 2.75) is 24.8 Å². The summed E-state index contributed by atoms with van der Waals surface area (Å²) in [6.45, 7) is 0.717. The summed E-state index contributed by atoms with van der Waals surface area (Å²) in [5, 5.41) is 15.5. The molecule has 2 aromatic rings. The number of nitriles is 1. The molecule has 21 heavy (non-hydrogen) atoms. The Labute approximate surface area is 122 Å². The zero-order valence-corrected chi connectivity index (χ0v) is 11.5. The molecule has 0 radical (unpaired) electrons. The van der Waals surface area contributed by atoms with E-state index in [-0.39, 0.29) is 23.7 Å². The van der Waals surface area contributed by atoms with Gasteiger partial charge in [0, 0.05) is 12.0 Å². The Morgan fingerprint density at radius 1 is 1.38 bits per heavy atom. The van der Waals surface area contributed by atoms with Gasteiger partial charge in [0.1, 0.15) is 18.9 Å². The van der Waals surface area contributed by atoms with Crippen molar-refractivity contribution in [1.82, 2.24) is 20.1 Å². The van der Waals surface area contributed by atoms with Crippen molar-refractivity contribution in [3.63, 3.8) is 0 Å². The molecule has 0 bridgehead atoms. The molecule has 1 aromatic carbocycles. The van der Waals surface area contributed by atoms with Crippen LogP contribution in [0, 0.1) is 11.3 Å². The van der Waals surface area contributed by atoms with Crippen molar-refractivity contribution >= 4 is 5.91 Å². The number of aromatic nitrogens is 3. The van der Waals surface area contributed by atoms with Crippen LogP contribution in [-0.2, 0) is 16.8 Å². The first-order chi connectivity index (χ1) is 10.2. The normalized spacial score (nSPS) is 15.2. The van der Waals surface area contributed by atoms with Crippen LogP contribution in [0.2, 0.25) is 0 Å². The molecule has 1 saturated carbocycles. The molecule has 106 valence electrons. The molecule has 6 heteroatoms. The van der Waals surface area contributed by atoms with Crippen LogP contribution in [-0.4, -0.2) is 27.2 Å². The highest BCUT2D eigenvalue weighted by molar-refractivity contribution is 5.75. The minimum Gasteiger partial charge on any atom is -0.354 e. The summed E-state index contributed by atoms with van der Waals surface area (Å²) in [5.74, 6) is -0.0441. The molecule has 1 N–H and O–H groups in total. The maximum Gasteiger partial charge on any atom is 0.252 e. The molecule has 1 aromatic heterocycles. The van der Waals surface area contributed by atoms with Gasteiger partial charge in [-0.15, -0.1) is 5.10 Å². The lowest BCUT2D eigenvalue weighted by molar-refractivity contribution is -0.121. The molecular formula is C15H15N5O. The Morgan fingerprint density at radius 2 is 2.14 bits per heavy atom. The van der Waals surface area contributed by atoms with Gasteiger partial charge in [-0.2, -0.15) is 5.26 Å². The van der Waals surface area contributed by atoms with Crippen LogP contribution in [0.4, 0.5) is 0 Å². The van der Waals surface area contributed by atoms with E-state index in [1.165, 1.54) is 16.6 Å². The molecule has 1 fully saturated rings. The Balaban J connectivity index is 1.56. The molecule has 3 rings (SSSR count). The zero-order chi connectivity index (χ0) is 14.7. The second kappa shape index (κ2) is 5.37. The highest BCUT2D eigenvalue weighted by Gasteiger charge is 2.44. The van der Waals surface area contributed by atoms with E-state index in [2.05, 4.69) is 27.5 Å². The first-order valence-electron chi connectivity index (χ1n) is 6.84. The number of carbonyl (C=O) groups excluding carboxylic acids is 1. The molecule has 0 saturated heterocycles. The van der Waals surface area contributed by atoms with Crippen molar-refractivity contribution in [3.05, 3.63) is 48.0 Å². The predicted octanol–water partition coefficient (Wildman–Crippen LogP) is 0.998. The SMILES string of the molecule is N#Cc1ncn(CC(=O)NCC2(c3ccccc3)CC2)n1. The van der Waals surface area contributed by atoms with Gasteiger partial charge in [0.05, 0.1) is 0 Å². The third kappa shape index (κ3) is 2.92. The lowest BCUT2D eigenvalue weighted by atomic mass is 9.96. The first-order valence-corrected chi connectivity index (χ1v) is 6.84. The number of hydrogen-bond acceptors (Lipinski definition) is 4. The molecule has 0 aliphatic heterocycles. The van der Waals surface area contributed by atoms with E-state index in [0.717, 1.165) is 12.8 Å². The van der Waals surface area contributed by atoms with Crippen molar-refractivity contribution in [3.8, 4) is 6.07 Å². The fourth-order valence-corrected chi connectivity index (χ4v) is 2.40. The quantitative estimate of drug-likeness (QED) is 0.886. The minimum atomic E-state index is -0.119. The molecule has 1 amide bonds. The monoisotopic (exact) mass is 281 g/mol. The first kappa shape index (κ1) is 13.3. The van der Waals surface area contributed by atoms with Crippen LogP contribution in [0.25, 0.3) is 0 Å². The summed E-state index contributed by atoms with van der Waals surface area (Å²) < 4.78 is 1.37. The highest BCUT2D eigenvalue weighted by Crippen LogP contribution is 2.47. The number of hydrogen-bond donors (Lipinski definition) is 1. The standard InChI is InChI=1S/C15H15N5O/c16-8-13-18-11-20(19-13)9-14(21)17-10-15(6-7-15)12-4-2-1-3-5-12/h1-5,11H,6-7,9-10H2,(H,17,21). The molecule has 0 unspecified atom stereocenters. The van der Waals surface area contributed by atoms with Gasteiger partial charge in [-0.3, -0.25) is 4.79 Å². The fourth-order valence-electron chi connectivity index (χ4n) is 2.40. The lowest BCUT2D eigenvalue weighted by Gasteiger charge is -2.16. The number of benzene rings is 1. The maximum absolute atomic E-state index is 11.9. The van der Waals surface area contributed by atoms with Gasteiger partial charge in [-0.25, -0.2) is 9.67 Å². The van der Waals surface area contributed by atoms with Gasteiger partial charge in [0.25, 0.3) is 5.82 Å². The molecule has 1 heterocycles. The molecule has 0 spiro atoms. The second-order valence-electron chi connectivity index (χ2n) is 5.30. The van der Waals surface area contributed by atoms with Crippen LogP contribution >= 0.6 is 0 Å². The molecule has 0 atom stereocenters. The summed E-state index contributed by atoms with van der Waals surface area (Å²) in [7, 11) is 0. The van der Waals surface area contributed by atoms with E-state index in [4.69, 9.17) is 5.26 Å². The van der Waals surface area contributed by atoms with Crippen LogP contribution in [0.15, 0.2) is 36.7 Å². The van der Waals surface area contributed by atoms with E-state index < -0.39 is 0 Å². The fraction of sp³-hybridized carbons (Fsp3) is 0.333. The van der Waals surface area contributed by atoms with Gasteiger partial charge in [-0.05, 0) is 18.4 Å². The van der Waals surface area contributed by atoms with Crippen LogP contribution in [0.1, 0.15) is 24.2 Å². The van der Waals surface area contributed by atoms with E-state index in [1.807, 2.05) is 24.3 Å². The van der Waals surface area contributed by atoms with Crippen molar-refractivity contribution < 1.29 is 4.79 Å². The summed E-state index contributed by atoms with van der Waals surface area (Å²) in [4.78, 5) is 15.7. The van der Waals surface area contributed by atoms with E-state index in [1.54, 1.807) is 0 Å². The van der Waals surface area contributed by atoms with Crippen molar-refractivity contribution in [2.75, 3.05) is 6.54 Å². The summed E-state index contributed by atoms with van der Waals surface area (Å²) in [5.41, 5.74) is 1.37. The van der Waals surface area contributed by atoms with Crippen LogP contribution in [0.3, 0.4) is 0 Å². The lowest BCUT2D eigenvalue weighted by Crippen LogP contribution is -2.34. The summed E-state index contributed by atoms with van der Waals surface area (Å²) >= 11 is 0. The maximum atomic E-state index is 11.9. The van der Waals surface area contributed by atoms with Gasteiger partial charge in [0.2, 0.25) is 5.91 Å². The summed E-state index contributed by atoms with van der Waals surface area (Å²) in [6.07, 6.45) is 3.58. The Bertz CT molecular complexity index is 682. The Hall–Kier alpha value is -2.68. The molecule has 1 aliphatic rings. The Morgan fingerprint density at radius 3 is 2.76 bits per heavy atom. The smallest absolute Gasteiger partial charge is 0.252 e.